The van der Waals surface area contributed by atoms with Crippen LogP contribution in [0.15, 0.2) is 71.5 Å². The molecule has 0 spiro atoms. The molecular formula is C27H24F2N4O3. The van der Waals surface area contributed by atoms with E-state index in [1.807, 2.05) is 4.90 Å². The molecule has 1 saturated heterocycles. The van der Waals surface area contributed by atoms with Gasteiger partial charge in [0.05, 0.1) is 35.8 Å². The highest BCUT2D eigenvalue weighted by Gasteiger charge is 2.22. The molecule has 1 aromatic heterocycles. The molecule has 4 aromatic rings. The zero-order valence-electron chi connectivity index (χ0n) is 19.6. The van der Waals surface area contributed by atoms with Crippen LogP contribution >= 0.6 is 0 Å². The summed E-state index contributed by atoms with van der Waals surface area (Å²) in [5.41, 5.74) is 1.46. The molecule has 9 heteroatoms. The van der Waals surface area contributed by atoms with Gasteiger partial charge < -0.3 is 15.0 Å². The van der Waals surface area contributed by atoms with E-state index >= 15 is 0 Å². The molecule has 1 aliphatic rings. The van der Waals surface area contributed by atoms with Gasteiger partial charge in [0, 0.05) is 18.7 Å². The van der Waals surface area contributed by atoms with Gasteiger partial charge in [-0.1, -0.05) is 18.2 Å². The molecule has 36 heavy (non-hydrogen) atoms. The molecule has 184 valence electrons. The van der Waals surface area contributed by atoms with Crippen molar-refractivity contribution >= 4 is 22.8 Å². The number of carbonyl (C=O) groups excluding carboxylic acids is 1. The number of ether oxygens (including phenoxy) is 1. The van der Waals surface area contributed by atoms with Crippen LogP contribution in [0.2, 0.25) is 0 Å². The monoisotopic (exact) mass is 490 g/mol. The molecule has 1 fully saturated rings. The fraction of sp³-hybridized carbons (Fsp3) is 0.222. The number of benzene rings is 3. The third-order valence-corrected chi connectivity index (χ3v) is 6.19. The summed E-state index contributed by atoms with van der Waals surface area (Å²) >= 11 is 0. The summed E-state index contributed by atoms with van der Waals surface area (Å²) in [5, 5.41) is 3.20. The van der Waals surface area contributed by atoms with Gasteiger partial charge in [0.2, 0.25) is 5.95 Å². The number of halogens is 2. The normalized spacial score (nSPS) is 14.6. The van der Waals surface area contributed by atoms with Gasteiger partial charge in [0.25, 0.3) is 11.5 Å². The molecule has 1 N–H and O–H groups in total. The van der Waals surface area contributed by atoms with E-state index < -0.39 is 5.82 Å². The Bertz CT molecular complexity index is 1480. The summed E-state index contributed by atoms with van der Waals surface area (Å²) < 4.78 is 34.1. The van der Waals surface area contributed by atoms with Gasteiger partial charge in [0.1, 0.15) is 11.6 Å². The predicted octanol–water partition coefficient (Wildman–Crippen LogP) is 3.99. The topological polar surface area (TPSA) is 76.5 Å². The Morgan fingerprint density at radius 1 is 1.00 bits per heavy atom. The molecule has 0 saturated carbocycles. The van der Waals surface area contributed by atoms with Crippen molar-refractivity contribution in [2.24, 2.45) is 0 Å². The van der Waals surface area contributed by atoms with Crippen molar-refractivity contribution in [3.05, 3.63) is 99.8 Å². The molecule has 3 aromatic carbocycles. The zero-order chi connectivity index (χ0) is 25.2. The summed E-state index contributed by atoms with van der Waals surface area (Å²) in [4.78, 5) is 33.2. The summed E-state index contributed by atoms with van der Waals surface area (Å²) in [5.74, 6) is -0.802. The lowest BCUT2D eigenvalue weighted by molar-refractivity contribution is 0.0940. The summed E-state index contributed by atoms with van der Waals surface area (Å²) in [6.07, 6.45) is 0. The standard InChI is InChI=1S/C27H24F2N4O3/c1-17(18-5-8-20(28)9-6-18)30-25(34)19-7-10-23-24(15-19)31-27(32-11-13-36-14-12-32)33(26(23)35)22-4-2-3-21(29)16-22/h2-10,15-17H,11-14H2,1H3,(H,30,34)/t17-/m0/s1. The summed E-state index contributed by atoms with van der Waals surface area (Å²) in [6.45, 7) is 3.78. The van der Waals surface area contributed by atoms with Crippen molar-refractivity contribution in [3.8, 4) is 5.69 Å². The van der Waals surface area contributed by atoms with E-state index in [1.165, 1.54) is 28.8 Å². The largest absolute Gasteiger partial charge is 0.378 e. The summed E-state index contributed by atoms with van der Waals surface area (Å²) in [7, 11) is 0. The Morgan fingerprint density at radius 3 is 2.47 bits per heavy atom. The average molecular weight is 491 g/mol. The van der Waals surface area contributed by atoms with E-state index in [4.69, 9.17) is 9.72 Å². The molecule has 0 unspecified atom stereocenters. The molecule has 7 nitrogen and oxygen atoms in total. The number of hydrogen-bond acceptors (Lipinski definition) is 5. The van der Waals surface area contributed by atoms with Crippen LogP contribution in [0.4, 0.5) is 14.7 Å². The highest BCUT2D eigenvalue weighted by molar-refractivity contribution is 5.98. The van der Waals surface area contributed by atoms with Crippen LogP contribution in [0.3, 0.4) is 0 Å². The minimum atomic E-state index is -0.463. The number of nitrogens with zero attached hydrogens (tertiary/aromatic N) is 3. The minimum Gasteiger partial charge on any atom is -0.378 e. The average Bonchev–Trinajstić information content (AvgIpc) is 2.89. The number of rotatable bonds is 5. The number of anilines is 1. The molecule has 0 aliphatic carbocycles. The van der Waals surface area contributed by atoms with Gasteiger partial charge in [-0.05, 0) is 61.0 Å². The van der Waals surface area contributed by atoms with Gasteiger partial charge >= 0.3 is 0 Å². The van der Waals surface area contributed by atoms with Gasteiger partial charge in [-0.3, -0.25) is 9.59 Å². The van der Waals surface area contributed by atoms with Crippen LogP contribution in [-0.2, 0) is 4.74 Å². The highest BCUT2D eigenvalue weighted by atomic mass is 19.1. The van der Waals surface area contributed by atoms with Gasteiger partial charge in [0.15, 0.2) is 0 Å². The first kappa shape index (κ1) is 23.6. The number of hydrogen-bond donors (Lipinski definition) is 1. The van der Waals surface area contributed by atoms with Crippen molar-refractivity contribution in [2.75, 3.05) is 31.2 Å². The van der Waals surface area contributed by atoms with Crippen LogP contribution < -0.4 is 15.8 Å². The highest BCUT2D eigenvalue weighted by Crippen LogP contribution is 2.22. The van der Waals surface area contributed by atoms with E-state index in [0.29, 0.717) is 54.4 Å². The maximum atomic E-state index is 14.0. The first-order valence-corrected chi connectivity index (χ1v) is 11.6. The molecule has 1 atom stereocenters. The Balaban J connectivity index is 1.55. The van der Waals surface area contributed by atoms with E-state index in [1.54, 1.807) is 49.4 Å². The fourth-order valence-electron chi connectivity index (χ4n) is 4.25. The first-order valence-electron chi connectivity index (χ1n) is 11.6. The second-order valence-electron chi connectivity index (χ2n) is 8.61. The van der Waals surface area contributed by atoms with Crippen molar-refractivity contribution in [1.82, 2.24) is 14.9 Å². The lowest BCUT2D eigenvalue weighted by Gasteiger charge is -2.30. The van der Waals surface area contributed by atoms with Crippen LogP contribution in [-0.4, -0.2) is 41.8 Å². The number of morpholine rings is 1. The van der Waals surface area contributed by atoms with Crippen molar-refractivity contribution in [2.45, 2.75) is 13.0 Å². The number of nitrogens with one attached hydrogen (secondary N) is 1. The Morgan fingerprint density at radius 2 is 1.75 bits per heavy atom. The van der Waals surface area contributed by atoms with E-state index in [9.17, 15) is 18.4 Å². The number of amides is 1. The third-order valence-electron chi connectivity index (χ3n) is 6.19. The smallest absolute Gasteiger partial charge is 0.267 e. The van der Waals surface area contributed by atoms with Gasteiger partial charge in [-0.2, -0.15) is 0 Å². The van der Waals surface area contributed by atoms with Crippen LogP contribution in [0.25, 0.3) is 16.6 Å². The second-order valence-corrected chi connectivity index (χ2v) is 8.61. The molecule has 1 amide bonds. The number of fused-ring (bicyclic) bond motifs is 1. The molecule has 0 radical (unpaired) electrons. The zero-order valence-corrected chi connectivity index (χ0v) is 19.6. The third kappa shape index (κ3) is 4.70. The van der Waals surface area contributed by atoms with Crippen molar-refractivity contribution in [1.29, 1.82) is 0 Å². The Hall–Kier alpha value is -4.11. The maximum Gasteiger partial charge on any atom is 0.267 e. The summed E-state index contributed by atoms with van der Waals surface area (Å²) in [6, 6.07) is 16.0. The molecule has 1 aliphatic heterocycles. The number of carbonyl (C=O) groups is 1. The van der Waals surface area contributed by atoms with Crippen molar-refractivity contribution < 1.29 is 18.3 Å². The molecule has 0 bridgehead atoms. The lowest BCUT2D eigenvalue weighted by Crippen LogP contribution is -2.40. The quantitative estimate of drug-likeness (QED) is 0.458. The van der Waals surface area contributed by atoms with Crippen LogP contribution in [0.1, 0.15) is 28.9 Å². The van der Waals surface area contributed by atoms with Gasteiger partial charge in [-0.25, -0.2) is 18.3 Å². The Kier molecular flexibility index (Phi) is 6.47. The first-order chi connectivity index (χ1) is 17.4. The van der Waals surface area contributed by atoms with Gasteiger partial charge in [-0.15, -0.1) is 0 Å². The van der Waals surface area contributed by atoms with E-state index in [-0.39, 0.29) is 23.3 Å². The lowest BCUT2D eigenvalue weighted by atomic mass is 10.1. The van der Waals surface area contributed by atoms with Crippen LogP contribution in [0.5, 0.6) is 0 Å². The second kappa shape index (κ2) is 9.87. The minimum absolute atomic E-state index is 0.305. The van der Waals surface area contributed by atoms with E-state index in [2.05, 4.69) is 5.32 Å². The fourth-order valence-corrected chi connectivity index (χ4v) is 4.25. The molecule has 5 rings (SSSR count). The predicted molar refractivity (Wildman–Crippen MR) is 133 cm³/mol. The Labute approximate surface area is 206 Å². The number of aromatic nitrogens is 2. The SMILES string of the molecule is C[C@H](NC(=O)c1ccc2c(=O)n(-c3cccc(F)c3)c(N3CCOCC3)nc2c1)c1ccc(F)cc1. The molecule has 2 heterocycles. The molecular weight excluding hydrogens is 466 g/mol. The van der Waals surface area contributed by atoms with E-state index in [0.717, 1.165) is 5.56 Å². The van der Waals surface area contributed by atoms with Crippen LogP contribution in [0, 0.1) is 11.6 Å². The van der Waals surface area contributed by atoms with Crippen molar-refractivity contribution in [3.63, 3.8) is 0 Å². The maximum absolute atomic E-state index is 14.0.